The van der Waals surface area contributed by atoms with Gasteiger partial charge < -0.3 is 14.6 Å². The van der Waals surface area contributed by atoms with Gasteiger partial charge in [0, 0.05) is 13.0 Å². The summed E-state index contributed by atoms with van der Waals surface area (Å²) in [6.45, 7) is 4.68. The quantitative estimate of drug-likeness (QED) is 0.0726. The van der Waals surface area contributed by atoms with Crippen LogP contribution in [0.15, 0.2) is 48.6 Å². The average molecular weight is 505 g/mol. The number of hydrogen-bond donors (Lipinski definition) is 1. The van der Waals surface area contributed by atoms with Crippen LogP contribution in [0.1, 0.15) is 123 Å². The number of carbonyl (C=O) groups excluding carboxylic acids is 1. The molecule has 1 atom stereocenters. The normalized spacial score (nSPS) is 13.1. The van der Waals surface area contributed by atoms with E-state index < -0.39 is 6.10 Å². The van der Waals surface area contributed by atoms with E-state index in [1.165, 1.54) is 70.6 Å². The van der Waals surface area contributed by atoms with Crippen LogP contribution in [-0.2, 0) is 14.3 Å². The van der Waals surface area contributed by atoms with Crippen LogP contribution < -0.4 is 0 Å². The zero-order chi connectivity index (χ0) is 26.4. The highest BCUT2D eigenvalue weighted by atomic mass is 16.6. The maximum absolute atomic E-state index is 11.2. The SMILES string of the molecule is CC/C=C\C/C=C\C/C=C\C/C=C\CCCCCCCCCCCCCOCC(CO)OC(=O)CC. The zero-order valence-electron chi connectivity index (χ0n) is 23.5. The Morgan fingerprint density at radius 1 is 0.667 bits per heavy atom. The van der Waals surface area contributed by atoms with Gasteiger partial charge >= 0.3 is 5.97 Å². The molecule has 0 aromatic heterocycles. The van der Waals surface area contributed by atoms with E-state index in [0.717, 1.165) is 32.1 Å². The van der Waals surface area contributed by atoms with Gasteiger partial charge in [-0.1, -0.05) is 120 Å². The van der Waals surface area contributed by atoms with E-state index in [1.807, 2.05) is 0 Å². The predicted molar refractivity (Wildman–Crippen MR) is 154 cm³/mol. The van der Waals surface area contributed by atoms with Crippen molar-refractivity contribution in [2.45, 2.75) is 129 Å². The lowest BCUT2D eigenvalue weighted by atomic mass is 10.1. The summed E-state index contributed by atoms with van der Waals surface area (Å²) < 4.78 is 10.6. The number of carbonyl (C=O) groups is 1. The molecule has 1 N–H and O–H groups in total. The molecule has 0 fully saturated rings. The van der Waals surface area contributed by atoms with Crippen LogP contribution in [0.2, 0.25) is 0 Å². The fourth-order valence-corrected chi connectivity index (χ4v) is 3.76. The summed E-state index contributed by atoms with van der Waals surface area (Å²) >= 11 is 0. The highest BCUT2D eigenvalue weighted by Crippen LogP contribution is 2.12. The number of rotatable bonds is 26. The lowest BCUT2D eigenvalue weighted by molar-refractivity contribution is -0.154. The smallest absolute Gasteiger partial charge is 0.305 e. The summed E-state index contributed by atoms with van der Waals surface area (Å²) in [5.41, 5.74) is 0. The number of hydrogen-bond acceptors (Lipinski definition) is 4. The zero-order valence-corrected chi connectivity index (χ0v) is 23.5. The number of allylic oxidation sites excluding steroid dienone is 8. The van der Waals surface area contributed by atoms with Crippen molar-refractivity contribution < 1.29 is 19.4 Å². The molecular weight excluding hydrogens is 448 g/mol. The molecule has 1 unspecified atom stereocenters. The van der Waals surface area contributed by atoms with E-state index in [4.69, 9.17) is 9.47 Å². The molecule has 0 saturated heterocycles. The number of unbranched alkanes of at least 4 members (excludes halogenated alkanes) is 11. The molecule has 0 aliphatic heterocycles. The number of esters is 1. The van der Waals surface area contributed by atoms with Gasteiger partial charge in [-0.15, -0.1) is 0 Å². The Balaban J connectivity index is 3.31. The van der Waals surface area contributed by atoms with Gasteiger partial charge in [0.05, 0.1) is 13.2 Å². The third-order valence-corrected chi connectivity index (χ3v) is 5.97. The van der Waals surface area contributed by atoms with Crippen molar-refractivity contribution in [1.29, 1.82) is 0 Å². The fraction of sp³-hybridized carbons (Fsp3) is 0.719. The van der Waals surface area contributed by atoms with Crippen LogP contribution in [0.4, 0.5) is 0 Å². The minimum atomic E-state index is -0.530. The summed E-state index contributed by atoms with van der Waals surface area (Å²) in [4.78, 5) is 11.2. The largest absolute Gasteiger partial charge is 0.457 e. The standard InChI is InChI=1S/C32H56O4/c1-3-5-6-7-8-9-10-11-12-13-14-15-16-17-18-19-20-21-22-23-24-25-26-27-28-35-30-31(29-33)36-32(34)4-2/h5-6,8-9,11-12,14-15,31,33H,3-4,7,10,13,16-30H2,1-2H3/b6-5-,9-8-,12-11-,15-14-. The van der Waals surface area contributed by atoms with Gasteiger partial charge in [-0.05, 0) is 44.9 Å². The fourth-order valence-electron chi connectivity index (χ4n) is 3.76. The van der Waals surface area contributed by atoms with Crippen molar-refractivity contribution in [2.24, 2.45) is 0 Å². The Morgan fingerprint density at radius 3 is 1.64 bits per heavy atom. The Labute approximate surface area is 222 Å². The molecule has 0 radical (unpaired) electrons. The second kappa shape index (κ2) is 29.6. The van der Waals surface area contributed by atoms with E-state index in [0.29, 0.717) is 13.0 Å². The maximum Gasteiger partial charge on any atom is 0.305 e. The van der Waals surface area contributed by atoms with Crippen LogP contribution in [0.3, 0.4) is 0 Å². The summed E-state index contributed by atoms with van der Waals surface area (Å²) in [6, 6.07) is 0. The van der Waals surface area contributed by atoms with Crippen molar-refractivity contribution in [1.82, 2.24) is 0 Å². The topological polar surface area (TPSA) is 55.8 Å². The molecule has 4 heteroatoms. The van der Waals surface area contributed by atoms with Crippen molar-refractivity contribution >= 4 is 5.97 Å². The Bertz CT molecular complexity index is 577. The Kier molecular flexibility index (Phi) is 28.2. The van der Waals surface area contributed by atoms with E-state index >= 15 is 0 Å². The molecule has 0 aromatic rings. The first-order valence-electron chi connectivity index (χ1n) is 14.7. The maximum atomic E-state index is 11.2. The molecule has 4 nitrogen and oxygen atoms in total. The molecule has 0 spiro atoms. The molecule has 0 aliphatic carbocycles. The minimum Gasteiger partial charge on any atom is -0.457 e. The number of aliphatic hydroxyl groups excluding tert-OH is 1. The summed E-state index contributed by atoms with van der Waals surface area (Å²) in [5.74, 6) is -0.292. The van der Waals surface area contributed by atoms with Gasteiger partial charge in [0.15, 0.2) is 0 Å². The van der Waals surface area contributed by atoms with Gasteiger partial charge in [0.25, 0.3) is 0 Å². The van der Waals surface area contributed by atoms with Crippen molar-refractivity contribution in [2.75, 3.05) is 19.8 Å². The first-order chi connectivity index (χ1) is 17.7. The van der Waals surface area contributed by atoms with E-state index in [9.17, 15) is 9.90 Å². The van der Waals surface area contributed by atoms with Crippen molar-refractivity contribution in [3.05, 3.63) is 48.6 Å². The lowest BCUT2D eigenvalue weighted by Gasteiger charge is -2.15. The molecule has 36 heavy (non-hydrogen) atoms. The van der Waals surface area contributed by atoms with Crippen molar-refractivity contribution in [3.63, 3.8) is 0 Å². The lowest BCUT2D eigenvalue weighted by Crippen LogP contribution is -2.27. The van der Waals surface area contributed by atoms with Gasteiger partial charge in [-0.2, -0.15) is 0 Å². The minimum absolute atomic E-state index is 0.184. The summed E-state index contributed by atoms with van der Waals surface area (Å²) in [6.07, 6.45) is 37.6. The van der Waals surface area contributed by atoms with Crippen LogP contribution in [0, 0.1) is 0 Å². The molecular formula is C32H56O4. The van der Waals surface area contributed by atoms with Crippen LogP contribution in [0.25, 0.3) is 0 Å². The molecule has 0 saturated carbocycles. The average Bonchev–Trinajstić information content (AvgIpc) is 2.89. The molecule has 0 aliphatic rings. The van der Waals surface area contributed by atoms with Crippen LogP contribution >= 0.6 is 0 Å². The number of aliphatic hydroxyl groups is 1. The van der Waals surface area contributed by atoms with E-state index in [-0.39, 0.29) is 19.2 Å². The molecule has 0 amide bonds. The van der Waals surface area contributed by atoms with Crippen LogP contribution in [-0.4, -0.2) is 37.0 Å². The van der Waals surface area contributed by atoms with E-state index in [1.54, 1.807) is 6.92 Å². The van der Waals surface area contributed by atoms with Crippen LogP contribution in [0.5, 0.6) is 0 Å². The number of ether oxygens (including phenoxy) is 2. The third-order valence-electron chi connectivity index (χ3n) is 5.97. The molecule has 0 rings (SSSR count). The summed E-state index contributed by atoms with van der Waals surface area (Å²) in [7, 11) is 0. The monoisotopic (exact) mass is 504 g/mol. The third kappa shape index (κ3) is 26.9. The first-order valence-corrected chi connectivity index (χ1v) is 14.7. The van der Waals surface area contributed by atoms with Gasteiger partial charge in [-0.3, -0.25) is 4.79 Å². The van der Waals surface area contributed by atoms with Gasteiger partial charge in [0.1, 0.15) is 6.10 Å². The second-order valence-corrected chi connectivity index (χ2v) is 9.40. The second-order valence-electron chi connectivity index (χ2n) is 9.40. The predicted octanol–water partition coefficient (Wildman–Crippen LogP) is 8.80. The molecule has 0 heterocycles. The van der Waals surface area contributed by atoms with Gasteiger partial charge in [-0.25, -0.2) is 0 Å². The molecule has 0 bridgehead atoms. The Hall–Kier alpha value is -1.65. The first kappa shape index (κ1) is 34.4. The van der Waals surface area contributed by atoms with Gasteiger partial charge in [0.2, 0.25) is 0 Å². The Morgan fingerprint density at radius 2 is 1.14 bits per heavy atom. The highest BCUT2D eigenvalue weighted by Gasteiger charge is 2.12. The molecule has 0 aromatic carbocycles. The summed E-state index contributed by atoms with van der Waals surface area (Å²) in [5, 5.41) is 9.20. The highest BCUT2D eigenvalue weighted by molar-refractivity contribution is 5.69. The molecule has 208 valence electrons. The van der Waals surface area contributed by atoms with E-state index in [2.05, 4.69) is 55.5 Å². The van der Waals surface area contributed by atoms with Crippen molar-refractivity contribution in [3.8, 4) is 0 Å².